The average Bonchev–Trinajstić information content (AvgIpc) is 2.70. The maximum absolute atomic E-state index is 12.2. The van der Waals surface area contributed by atoms with Gasteiger partial charge in [0.1, 0.15) is 0 Å². The number of likely N-dealkylation sites (tertiary alicyclic amines) is 1. The summed E-state index contributed by atoms with van der Waals surface area (Å²) in [5.74, 6) is 0.965. The molecule has 0 N–H and O–H groups in total. The van der Waals surface area contributed by atoms with Crippen LogP contribution in [0.25, 0.3) is 0 Å². The van der Waals surface area contributed by atoms with Gasteiger partial charge in [-0.15, -0.1) is 11.6 Å². The van der Waals surface area contributed by atoms with Gasteiger partial charge < -0.3 is 4.90 Å². The van der Waals surface area contributed by atoms with E-state index in [1.807, 2.05) is 4.90 Å². The molecule has 0 aromatic carbocycles. The Hall–Kier alpha value is -1.16. The molecule has 0 bridgehead atoms. The maximum Gasteiger partial charge on any atom is 0.255 e. The van der Waals surface area contributed by atoms with Gasteiger partial charge in [-0.25, -0.2) is 0 Å². The van der Waals surface area contributed by atoms with Gasteiger partial charge in [-0.05, 0) is 18.4 Å². The number of aromatic nitrogens is 2. The second-order valence-corrected chi connectivity index (χ2v) is 4.43. The van der Waals surface area contributed by atoms with Crippen molar-refractivity contribution in [2.45, 2.75) is 19.4 Å². The van der Waals surface area contributed by atoms with Crippen molar-refractivity contribution in [3.8, 4) is 0 Å². The Morgan fingerprint density at radius 2 is 2.44 bits per heavy atom. The molecular formula is C11H14ClN3O. The summed E-state index contributed by atoms with van der Waals surface area (Å²) in [7, 11) is 0. The smallest absolute Gasteiger partial charge is 0.255 e. The minimum atomic E-state index is 0.00454. The number of hydrogen-bond donors (Lipinski definition) is 0. The average molecular weight is 240 g/mol. The lowest BCUT2D eigenvalue weighted by Crippen LogP contribution is -2.38. The Labute approximate surface area is 99.6 Å². The normalized spacial score (nSPS) is 24.8. The van der Waals surface area contributed by atoms with E-state index in [0.717, 1.165) is 13.0 Å². The Bertz CT molecular complexity index is 371. The minimum absolute atomic E-state index is 0.00454. The highest BCUT2D eigenvalue weighted by Gasteiger charge is 2.34. The van der Waals surface area contributed by atoms with Crippen molar-refractivity contribution in [1.29, 1.82) is 0 Å². The number of rotatable bonds is 2. The SMILES string of the molecule is CC1CCN(C(=O)c2ccnnc2)C1CCl. The van der Waals surface area contributed by atoms with E-state index in [2.05, 4.69) is 17.1 Å². The zero-order chi connectivity index (χ0) is 11.5. The van der Waals surface area contributed by atoms with Crippen LogP contribution in [0.5, 0.6) is 0 Å². The molecule has 86 valence electrons. The number of halogens is 1. The lowest BCUT2D eigenvalue weighted by atomic mass is 10.0. The lowest BCUT2D eigenvalue weighted by molar-refractivity contribution is 0.0736. The van der Waals surface area contributed by atoms with E-state index in [9.17, 15) is 4.79 Å². The Morgan fingerprint density at radius 3 is 3.06 bits per heavy atom. The molecule has 0 radical (unpaired) electrons. The van der Waals surface area contributed by atoms with Gasteiger partial charge in [0.25, 0.3) is 5.91 Å². The second-order valence-electron chi connectivity index (χ2n) is 4.12. The quantitative estimate of drug-likeness (QED) is 0.736. The molecule has 2 rings (SSSR count). The predicted octanol–water partition coefficient (Wildman–Crippen LogP) is 1.57. The first kappa shape index (κ1) is 11.3. The van der Waals surface area contributed by atoms with Crippen LogP contribution in [0.1, 0.15) is 23.7 Å². The molecule has 1 aliphatic rings. The Balaban J connectivity index is 2.17. The molecule has 16 heavy (non-hydrogen) atoms. The topological polar surface area (TPSA) is 46.1 Å². The molecule has 0 saturated carbocycles. The molecule has 0 aliphatic carbocycles. The van der Waals surface area contributed by atoms with Crippen LogP contribution in [0.4, 0.5) is 0 Å². The van der Waals surface area contributed by atoms with Gasteiger partial charge in [0, 0.05) is 18.5 Å². The summed E-state index contributed by atoms with van der Waals surface area (Å²) in [4.78, 5) is 14.0. The first-order valence-electron chi connectivity index (χ1n) is 5.37. The summed E-state index contributed by atoms with van der Waals surface area (Å²) >= 11 is 5.91. The van der Waals surface area contributed by atoms with E-state index in [0.29, 0.717) is 17.4 Å². The molecule has 2 atom stereocenters. The van der Waals surface area contributed by atoms with E-state index in [4.69, 9.17) is 11.6 Å². The minimum Gasteiger partial charge on any atom is -0.334 e. The van der Waals surface area contributed by atoms with Crippen LogP contribution in [0.3, 0.4) is 0 Å². The molecule has 2 unspecified atom stereocenters. The van der Waals surface area contributed by atoms with Crippen LogP contribution in [-0.4, -0.2) is 39.5 Å². The highest BCUT2D eigenvalue weighted by atomic mass is 35.5. The van der Waals surface area contributed by atoms with E-state index in [1.165, 1.54) is 12.4 Å². The van der Waals surface area contributed by atoms with Crippen LogP contribution < -0.4 is 0 Å². The van der Waals surface area contributed by atoms with Gasteiger partial charge in [0.05, 0.1) is 18.0 Å². The number of hydrogen-bond acceptors (Lipinski definition) is 3. The third-order valence-electron chi connectivity index (χ3n) is 3.13. The van der Waals surface area contributed by atoms with Gasteiger partial charge in [0.2, 0.25) is 0 Å². The first-order chi connectivity index (χ1) is 7.74. The van der Waals surface area contributed by atoms with Crippen molar-refractivity contribution in [1.82, 2.24) is 15.1 Å². The summed E-state index contributed by atoms with van der Waals surface area (Å²) in [6, 6.07) is 1.83. The maximum atomic E-state index is 12.2. The Morgan fingerprint density at radius 1 is 1.62 bits per heavy atom. The van der Waals surface area contributed by atoms with Crippen LogP contribution in [0.15, 0.2) is 18.5 Å². The van der Waals surface area contributed by atoms with Crippen LogP contribution in [0, 0.1) is 5.92 Å². The summed E-state index contributed by atoms with van der Waals surface area (Å²) < 4.78 is 0. The predicted molar refractivity (Wildman–Crippen MR) is 61.4 cm³/mol. The van der Waals surface area contributed by atoms with Crippen molar-refractivity contribution in [2.75, 3.05) is 12.4 Å². The fourth-order valence-corrected chi connectivity index (χ4v) is 2.55. The first-order valence-corrected chi connectivity index (χ1v) is 5.91. The zero-order valence-electron chi connectivity index (χ0n) is 9.14. The fourth-order valence-electron chi connectivity index (χ4n) is 2.08. The number of carbonyl (C=O) groups is 1. The third-order valence-corrected chi connectivity index (χ3v) is 3.45. The van der Waals surface area contributed by atoms with Gasteiger partial charge in [-0.2, -0.15) is 10.2 Å². The number of amides is 1. The molecule has 1 amide bonds. The van der Waals surface area contributed by atoms with Crippen LogP contribution >= 0.6 is 11.6 Å². The van der Waals surface area contributed by atoms with E-state index < -0.39 is 0 Å². The van der Waals surface area contributed by atoms with Crippen molar-refractivity contribution in [2.24, 2.45) is 5.92 Å². The molecule has 5 heteroatoms. The van der Waals surface area contributed by atoms with Gasteiger partial charge >= 0.3 is 0 Å². The number of carbonyl (C=O) groups excluding carboxylic acids is 1. The molecule has 0 spiro atoms. The highest BCUT2D eigenvalue weighted by molar-refractivity contribution is 6.18. The van der Waals surface area contributed by atoms with E-state index in [1.54, 1.807) is 6.07 Å². The summed E-state index contributed by atoms with van der Waals surface area (Å²) in [6.45, 7) is 2.91. The molecule has 1 fully saturated rings. The monoisotopic (exact) mass is 239 g/mol. The molecule has 4 nitrogen and oxygen atoms in total. The molecule has 1 aromatic heterocycles. The van der Waals surface area contributed by atoms with Crippen LogP contribution in [0.2, 0.25) is 0 Å². The largest absolute Gasteiger partial charge is 0.334 e. The zero-order valence-corrected chi connectivity index (χ0v) is 9.89. The Kier molecular flexibility index (Phi) is 3.39. The molecule has 1 aromatic rings. The lowest BCUT2D eigenvalue weighted by Gasteiger charge is -2.24. The number of nitrogens with zero attached hydrogens (tertiary/aromatic N) is 3. The van der Waals surface area contributed by atoms with Gasteiger partial charge in [0.15, 0.2) is 0 Å². The van der Waals surface area contributed by atoms with Crippen LogP contribution in [-0.2, 0) is 0 Å². The van der Waals surface area contributed by atoms with Crippen molar-refractivity contribution in [3.63, 3.8) is 0 Å². The van der Waals surface area contributed by atoms with Crippen molar-refractivity contribution >= 4 is 17.5 Å². The third kappa shape index (κ3) is 2.02. The summed E-state index contributed by atoms with van der Waals surface area (Å²) in [6.07, 6.45) is 4.04. The summed E-state index contributed by atoms with van der Waals surface area (Å²) in [5, 5.41) is 7.38. The molecule has 1 aliphatic heterocycles. The molecule has 1 saturated heterocycles. The fraction of sp³-hybridized carbons (Fsp3) is 0.545. The van der Waals surface area contributed by atoms with E-state index >= 15 is 0 Å². The summed E-state index contributed by atoms with van der Waals surface area (Å²) in [5.41, 5.74) is 0.583. The molecule has 2 heterocycles. The standard InChI is InChI=1S/C11H14ClN3O/c1-8-3-5-15(10(8)6-12)11(16)9-2-4-13-14-7-9/h2,4,7-8,10H,3,5-6H2,1H3. The molecular weight excluding hydrogens is 226 g/mol. The van der Waals surface area contributed by atoms with E-state index in [-0.39, 0.29) is 11.9 Å². The highest BCUT2D eigenvalue weighted by Crippen LogP contribution is 2.26. The van der Waals surface area contributed by atoms with Crippen molar-refractivity contribution < 1.29 is 4.79 Å². The van der Waals surface area contributed by atoms with Gasteiger partial charge in [-0.1, -0.05) is 6.92 Å². The number of alkyl halides is 1. The van der Waals surface area contributed by atoms with Crippen molar-refractivity contribution in [3.05, 3.63) is 24.0 Å². The second kappa shape index (κ2) is 4.78. The van der Waals surface area contributed by atoms with Gasteiger partial charge in [-0.3, -0.25) is 4.79 Å².